The molecular weight excluding hydrogens is 298 g/mol. The highest BCUT2D eigenvalue weighted by atomic mass is 35.5. The molecule has 0 spiro atoms. The highest BCUT2D eigenvalue weighted by Crippen LogP contribution is 2.30. The molecule has 1 heterocycles. The van der Waals surface area contributed by atoms with Crippen molar-refractivity contribution in [3.05, 3.63) is 64.2 Å². The van der Waals surface area contributed by atoms with Gasteiger partial charge in [-0.15, -0.1) is 0 Å². The maximum Gasteiger partial charge on any atom is 0.258 e. The minimum atomic E-state index is -0.0571. The molecule has 1 aliphatic rings. The first kappa shape index (κ1) is 14.8. The Morgan fingerprint density at radius 2 is 1.73 bits per heavy atom. The summed E-state index contributed by atoms with van der Waals surface area (Å²) in [5, 5.41) is 0.606. The molecule has 0 aliphatic carbocycles. The van der Waals surface area contributed by atoms with Gasteiger partial charge in [-0.3, -0.25) is 9.59 Å². The average molecular weight is 314 g/mol. The van der Waals surface area contributed by atoms with Crippen molar-refractivity contribution in [1.82, 2.24) is 0 Å². The zero-order chi connectivity index (χ0) is 15.7. The Kier molecular flexibility index (Phi) is 3.99. The molecule has 0 unspecified atom stereocenters. The molecule has 0 atom stereocenters. The van der Waals surface area contributed by atoms with Crippen LogP contribution in [-0.4, -0.2) is 18.2 Å². The lowest BCUT2D eigenvalue weighted by Gasteiger charge is -2.30. The van der Waals surface area contributed by atoms with Crippen LogP contribution in [0.3, 0.4) is 0 Å². The second-order valence-corrected chi connectivity index (χ2v) is 5.90. The van der Waals surface area contributed by atoms with E-state index >= 15 is 0 Å². The van der Waals surface area contributed by atoms with Gasteiger partial charge in [0.2, 0.25) is 0 Å². The number of benzene rings is 2. The molecule has 0 saturated heterocycles. The molecule has 22 heavy (non-hydrogen) atoms. The number of carbonyl (C=O) groups excluding carboxylic acids is 2. The molecule has 0 aromatic heterocycles. The number of nitrogens with zero attached hydrogens (tertiary/aromatic N) is 1. The van der Waals surface area contributed by atoms with Gasteiger partial charge in [-0.1, -0.05) is 23.7 Å². The summed E-state index contributed by atoms with van der Waals surface area (Å²) < 4.78 is 0. The van der Waals surface area contributed by atoms with Crippen molar-refractivity contribution in [2.45, 2.75) is 19.8 Å². The summed E-state index contributed by atoms with van der Waals surface area (Å²) >= 11 is 5.88. The Bertz CT molecular complexity index is 737. The third-order valence-electron chi connectivity index (χ3n) is 3.95. The van der Waals surface area contributed by atoms with Crippen molar-refractivity contribution < 1.29 is 9.59 Å². The fraction of sp³-hybridized carbons (Fsp3) is 0.222. The van der Waals surface area contributed by atoms with E-state index in [1.54, 1.807) is 29.2 Å². The van der Waals surface area contributed by atoms with Crippen LogP contribution in [0.1, 0.15) is 39.6 Å². The Morgan fingerprint density at radius 1 is 1.05 bits per heavy atom. The van der Waals surface area contributed by atoms with Crippen LogP contribution < -0.4 is 4.90 Å². The number of carbonyl (C=O) groups is 2. The number of rotatable bonds is 2. The van der Waals surface area contributed by atoms with Gasteiger partial charge in [0.25, 0.3) is 5.91 Å². The Hall–Kier alpha value is -2.13. The van der Waals surface area contributed by atoms with Crippen LogP contribution in [0.25, 0.3) is 0 Å². The van der Waals surface area contributed by atoms with E-state index in [0.29, 0.717) is 22.7 Å². The summed E-state index contributed by atoms with van der Waals surface area (Å²) in [6.45, 7) is 2.20. The van der Waals surface area contributed by atoms with Crippen molar-refractivity contribution in [2.24, 2.45) is 0 Å². The summed E-state index contributed by atoms with van der Waals surface area (Å²) in [5.74, 6) is -0.0504. The molecule has 2 aromatic carbocycles. The van der Waals surface area contributed by atoms with Gasteiger partial charge in [-0.2, -0.15) is 0 Å². The smallest absolute Gasteiger partial charge is 0.258 e. The predicted molar refractivity (Wildman–Crippen MR) is 87.9 cm³/mol. The summed E-state index contributed by atoms with van der Waals surface area (Å²) in [5.41, 5.74) is 3.19. The van der Waals surface area contributed by atoms with Crippen LogP contribution in [0.2, 0.25) is 5.02 Å². The van der Waals surface area contributed by atoms with Crippen molar-refractivity contribution in [2.75, 3.05) is 11.4 Å². The molecular formula is C18H16ClNO2. The second-order valence-electron chi connectivity index (χ2n) is 5.47. The summed E-state index contributed by atoms with van der Waals surface area (Å²) in [4.78, 5) is 26.1. The fourth-order valence-electron chi connectivity index (χ4n) is 2.75. The standard InChI is InChI=1S/C18H16ClNO2/c1-12(21)15-5-4-13-3-2-10-20(17(13)11-15)18(22)14-6-8-16(19)9-7-14/h4-9,11H,2-3,10H2,1H3. The normalized spacial score (nSPS) is 13.6. The van der Waals surface area contributed by atoms with Crippen LogP contribution in [0, 0.1) is 0 Å². The van der Waals surface area contributed by atoms with Crippen LogP contribution >= 0.6 is 11.6 Å². The number of hydrogen-bond donors (Lipinski definition) is 0. The Balaban J connectivity index is 1.99. The van der Waals surface area contributed by atoms with Crippen molar-refractivity contribution in [1.29, 1.82) is 0 Å². The minimum Gasteiger partial charge on any atom is -0.308 e. The van der Waals surface area contributed by atoms with Gasteiger partial charge in [0.05, 0.1) is 0 Å². The highest BCUT2D eigenvalue weighted by molar-refractivity contribution is 6.30. The summed E-state index contributed by atoms with van der Waals surface area (Å²) in [6.07, 6.45) is 1.85. The predicted octanol–water partition coefficient (Wildman–Crippen LogP) is 4.14. The molecule has 3 rings (SSSR count). The number of hydrogen-bond acceptors (Lipinski definition) is 2. The van der Waals surface area contributed by atoms with E-state index in [0.717, 1.165) is 24.1 Å². The van der Waals surface area contributed by atoms with E-state index in [4.69, 9.17) is 11.6 Å². The molecule has 112 valence electrons. The topological polar surface area (TPSA) is 37.4 Å². The van der Waals surface area contributed by atoms with E-state index in [1.165, 1.54) is 6.92 Å². The molecule has 2 aromatic rings. The molecule has 1 aliphatic heterocycles. The van der Waals surface area contributed by atoms with Crippen LogP contribution in [0.15, 0.2) is 42.5 Å². The van der Waals surface area contributed by atoms with Gasteiger partial charge in [0, 0.05) is 28.4 Å². The first-order valence-corrected chi connectivity index (χ1v) is 7.65. The lowest BCUT2D eigenvalue weighted by molar-refractivity contribution is 0.0981. The van der Waals surface area contributed by atoms with Gasteiger partial charge < -0.3 is 4.90 Å². The Morgan fingerprint density at radius 3 is 2.41 bits per heavy atom. The van der Waals surface area contributed by atoms with Gasteiger partial charge in [-0.05, 0) is 55.7 Å². The molecule has 0 bridgehead atoms. The maximum absolute atomic E-state index is 12.8. The van der Waals surface area contributed by atoms with Crippen molar-refractivity contribution >= 4 is 29.0 Å². The zero-order valence-corrected chi connectivity index (χ0v) is 13.1. The van der Waals surface area contributed by atoms with Gasteiger partial charge in [-0.25, -0.2) is 0 Å². The third kappa shape index (κ3) is 2.77. The van der Waals surface area contributed by atoms with Crippen molar-refractivity contribution in [3.63, 3.8) is 0 Å². The van der Waals surface area contributed by atoms with E-state index in [1.807, 2.05) is 18.2 Å². The highest BCUT2D eigenvalue weighted by Gasteiger charge is 2.24. The van der Waals surface area contributed by atoms with Gasteiger partial charge >= 0.3 is 0 Å². The van der Waals surface area contributed by atoms with Crippen LogP contribution in [0.5, 0.6) is 0 Å². The van der Waals surface area contributed by atoms with Crippen LogP contribution in [0.4, 0.5) is 5.69 Å². The largest absolute Gasteiger partial charge is 0.308 e. The summed E-state index contributed by atoms with van der Waals surface area (Å²) in [7, 11) is 0. The molecule has 0 saturated carbocycles. The second kappa shape index (κ2) is 5.93. The first-order valence-electron chi connectivity index (χ1n) is 7.27. The average Bonchev–Trinajstić information content (AvgIpc) is 2.53. The molecule has 0 N–H and O–H groups in total. The number of anilines is 1. The van der Waals surface area contributed by atoms with E-state index in [2.05, 4.69) is 0 Å². The number of ketones is 1. The number of amides is 1. The maximum atomic E-state index is 12.8. The number of fused-ring (bicyclic) bond motifs is 1. The SMILES string of the molecule is CC(=O)c1ccc2c(c1)N(C(=O)c1ccc(Cl)cc1)CCC2. The van der Waals surface area contributed by atoms with E-state index < -0.39 is 0 Å². The zero-order valence-electron chi connectivity index (χ0n) is 12.3. The van der Waals surface area contributed by atoms with Gasteiger partial charge in [0.1, 0.15) is 0 Å². The molecule has 0 radical (unpaired) electrons. The number of Topliss-reactive ketones (excluding diaryl/α,β-unsaturated/α-hetero) is 1. The molecule has 3 nitrogen and oxygen atoms in total. The molecule has 1 amide bonds. The number of halogens is 1. The van der Waals surface area contributed by atoms with E-state index in [-0.39, 0.29) is 11.7 Å². The minimum absolute atomic E-state index is 0.00673. The van der Waals surface area contributed by atoms with Gasteiger partial charge in [0.15, 0.2) is 5.78 Å². The fourth-order valence-corrected chi connectivity index (χ4v) is 2.88. The number of aryl methyl sites for hydroxylation is 1. The van der Waals surface area contributed by atoms with Crippen molar-refractivity contribution in [3.8, 4) is 0 Å². The lowest BCUT2D eigenvalue weighted by Crippen LogP contribution is -2.35. The molecule has 0 fully saturated rings. The summed E-state index contributed by atoms with van der Waals surface area (Å²) in [6, 6.07) is 12.5. The third-order valence-corrected chi connectivity index (χ3v) is 4.20. The van der Waals surface area contributed by atoms with Crippen LogP contribution in [-0.2, 0) is 6.42 Å². The quantitative estimate of drug-likeness (QED) is 0.782. The van der Waals surface area contributed by atoms with E-state index in [9.17, 15) is 9.59 Å². The first-order chi connectivity index (χ1) is 10.6. The Labute approximate surface area is 134 Å². The monoisotopic (exact) mass is 313 g/mol. The lowest BCUT2D eigenvalue weighted by atomic mass is 9.97. The molecule has 4 heteroatoms.